The maximum absolute atomic E-state index is 6.13. The maximum Gasteiger partial charge on any atom is 0.0881 e. The van der Waals surface area contributed by atoms with Gasteiger partial charge in [-0.2, -0.15) is 5.10 Å². The average Bonchev–Trinajstić information content (AvgIpc) is 2.83. The van der Waals surface area contributed by atoms with Crippen LogP contribution in [0.25, 0.3) is 0 Å². The van der Waals surface area contributed by atoms with Crippen molar-refractivity contribution in [3.8, 4) is 0 Å². The van der Waals surface area contributed by atoms with Crippen LogP contribution in [0.2, 0.25) is 0 Å². The molecule has 19 heavy (non-hydrogen) atoms. The lowest BCUT2D eigenvalue weighted by molar-refractivity contribution is -0.125. The molecule has 1 fully saturated rings. The summed E-state index contributed by atoms with van der Waals surface area (Å²) in [6, 6.07) is 0.292. The van der Waals surface area contributed by atoms with E-state index in [-0.39, 0.29) is 5.60 Å². The molecule has 5 heteroatoms. The molecule has 2 heterocycles. The summed E-state index contributed by atoms with van der Waals surface area (Å²) in [5, 5.41) is 7.68. The lowest BCUT2D eigenvalue weighted by atomic mass is 9.83. The van der Waals surface area contributed by atoms with Gasteiger partial charge in [0.25, 0.3) is 0 Å². The molecule has 0 aliphatic carbocycles. The van der Waals surface area contributed by atoms with Gasteiger partial charge in [-0.1, -0.05) is 0 Å². The van der Waals surface area contributed by atoms with E-state index in [4.69, 9.17) is 9.47 Å². The average molecular weight is 267 g/mol. The molecule has 5 nitrogen and oxygen atoms in total. The van der Waals surface area contributed by atoms with Gasteiger partial charge in [-0.05, 0) is 26.0 Å². The maximum atomic E-state index is 6.13. The second-order valence-electron chi connectivity index (χ2n) is 5.18. The van der Waals surface area contributed by atoms with Crippen LogP contribution in [0.1, 0.15) is 25.3 Å². The van der Waals surface area contributed by atoms with Gasteiger partial charge < -0.3 is 14.8 Å². The third-order valence-electron chi connectivity index (χ3n) is 3.95. The van der Waals surface area contributed by atoms with Crippen molar-refractivity contribution >= 4 is 0 Å². The van der Waals surface area contributed by atoms with Crippen LogP contribution in [-0.4, -0.2) is 48.3 Å². The van der Waals surface area contributed by atoms with Crippen molar-refractivity contribution in [1.29, 1.82) is 0 Å². The summed E-state index contributed by atoms with van der Waals surface area (Å²) in [4.78, 5) is 0. The Hall–Kier alpha value is -0.910. The normalized spacial score (nSPS) is 20.4. The van der Waals surface area contributed by atoms with Crippen LogP contribution in [0.4, 0.5) is 0 Å². The fraction of sp³-hybridized carbons (Fsp3) is 0.786. The highest BCUT2D eigenvalue weighted by atomic mass is 16.5. The number of ether oxygens (including phenoxy) is 2. The molecule has 0 saturated carbocycles. The van der Waals surface area contributed by atoms with E-state index in [1.54, 1.807) is 0 Å². The summed E-state index contributed by atoms with van der Waals surface area (Å²) in [6.07, 6.45) is 6.84. The van der Waals surface area contributed by atoms with E-state index in [0.717, 1.165) is 39.1 Å². The topological polar surface area (TPSA) is 48.3 Å². The van der Waals surface area contributed by atoms with E-state index in [0.29, 0.717) is 6.04 Å². The SMILES string of the molecule is CCOC1(C(Cc2cnn(C)c2)NC)CCOCC1. The molecule has 1 unspecified atom stereocenters. The van der Waals surface area contributed by atoms with E-state index >= 15 is 0 Å². The Balaban J connectivity index is 2.12. The van der Waals surface area contributed by atoms with Crippen molar-refractivity contribution in [2.24, 2.45) is 7.05 Å². The van der Waals surface area contributed by atoms with Crippen molar-refractivity contribution in [2.75, 3.05) is 26.9 Å². The Morgan fingerprint density at radius 2 is 2.26 bits per heavy atom. The Bertz CT molecular complexity index is 380. The molecule has 1 aliphatic rings. The van der Waals surface area contributed by atoms with E-state index in [1.165, 1.54) is 5.56 Å². The first-order chi connectivity index (χ1) is 9.20. The lowest BCUT2D eigenvalue weighted by Crippen LogP contribution is -2.55. The minimum Gasteiger partial charge on any atom is -0.381 e. The second-order valence-corrected chi connectivity index (χ2v) is 5.18. The Labute approximate surface area is 115 Å². The number of aryl methyl sites for hydroxylation is 1. The van der Waals surface area contributed by atoms with Crippen LogP contribution in [0.3, 0.4) is 0 Å². The van der Waals surface area contributed by atoms with E-state index in [9.17, 15) is 0 Å². The Morgan fingerprint density at radius 1 is 1.53 bits per heavy atom. The third-order valence-corrected chi connectivity index (χ3v) is 3.95. The molecule has 1 N–H and O–H groups in total. The highest BCUT2D eigenvalue weighted by molar-refractivity contribution is 5.10. The number of hydrogen-bond donors (Lipinski definition) is 1. The first-order valence-corrected chi connectivity index (χ1v) is 7.06. The van der Waals surface area contributed by atoms with Crippen LogP contribution in [0.15, 0.2) is 12.4 Å². The van der Waals surface area contributed by atoms with Crippen molar-refractivity contribution in [2.45, 2.75) is 37.8 Å². The number of rotatable bonds is 6. The molecule has 1 saturated heterocycles. The summed E-state index contributed by atoms with van der Waals surface area (Å²) in [5.41, 5.74) is 1.13. The lowest BCUT2D eigenvalue weighted by Gasteiger charge is -2.43. The highest BCUT2D eigenvalue weighted by Gasteiger charge is 2.40. The minimum atomic E-state index is -0.114. The monoisotopic (exact) mass is 267 g/mol. The number of likely N-dealkylation sites (N-methyl/N-ethyl adjacent to an activating group) is 1. The molecule has 1 aromatic heterocycles. The van der Waals surface area contributed by atoms with Gasteiger partial charge in [-0.15, -0.1) is 0 Å². The fourth-order valence-corrected chi connectivity index (χ4v) is 2.96. The van der Waals surface area contributed by atoms with Crippen molar-refractivity contribution in [3.05, 3.63) is 18.0 Å². The van der Waals surface area contributed by atoms with Gasteiger partial charge in [0.1, 0.15) is 0 Å². The number of hydrogen-bond acceptors (Lipinski definition) is 4. The van der Waals surface area contributed by atoms with Gasteiger partial charge in [0.2, 0.25) is 0 Å². The first-order valence-electron chi connectivity index (χ1n) is 7.06. The molecule has 0 aromatic carbocycles. The highest BCUT2D eigenvalue weighted by Crippen LogP contribution is 2.30. The molecule has 0 spiro atoms. The van der Waals surface area contributed by atoms with Gasteiger partial charge >= 0.3 is 0 Å². The van der Waals surface area contributed by atoms with Crippen LogP contribution in [0.5, 0.6) is 0 Å². The van der Waals surface area contributed by atoms with Crippen molar-refractivity contribution in [1.82, 2.24) is 15.1 Å². The smallest absolute Gasteiger partial charge is 0.0881 e. The van der Waals surface area contributed by atoms with E-state index < -0.39 is 0 Å². The molecular formula is C14H25N3O2. The zero-order chi connectivity index (χ0) is 13.7. The van der Waals surface area contributed by atoms with Crippen LogP contribution < -0.4 is 5.32 Å². The zero-order valence-electron chi connectivity index (χ0n) is 12.2. The van der Waals surface area contributed by atoms with Gasteiger partial charge in [0.15, 0.2) is 0 Å². The quantitative estimate of drug-likeness (QED) is 0.839. The molecule has 1 aromatic rings. The van der Waals surface area contributed by atoms with Crippen LogP contribution >= 0.6 is 0 Å². The molecule has 108 valence electrons. The van der Waals surface area contributed by atoms with E-state index in [2.05, 4.69) is 23.5 Å². The molecule has 0 radical (unpaired) electrons. The number of nitrogens with zero attached hydrogens (tertiary/aromatic N) is 2. The predicted octanol–water partition coefficient (Wildman–Crippen LogP) is 1.14. The molecule has 0 amide bonds. The minimum absolute atomic E-state index is 0.114. The summed E-state index contributed by atoms with van der Waals surface area (Å²) in [6.45, 7) is 4.37. The van der Waals surface area contributed by atoms with Crippen molar-refractivity contribution in [3.63, 3.8) is 0 Å². The van der Waals surface area contributed by atoms with Crippen molar-refractivity contribution < 1.29 is 9.47 Å². The fourth-order valence-electron chi connectivity index (χ4n) is 2.96. The summed E-state index contributed by atoms with van der Waals surface area (Å²) >= 11 is 0. The number of nitrogens with one attached hydrogen (secondary N) is 1. The largest absolute Gasteiger partial charge is 0.381 e. The van der Waals surface area contributed by atoms with Gasteiger partial charge in [0.05, 0.1) is 11.8 Å². The second kappa shape index (κ2) is 6.50. The summed E-state index contributed by atoms with van der Waals surface area (Å²) < 4.78 is 13.5. The molecule has 1 aliphatic heterocycles. The molecule has 2 rings (SSSR count). The van der Waals surface area contributed by atoms with Crippen LogP contribution in [-0.2, 0) is 22.9 Å². The third kappa shape index (κ3) is 3.35. The molecule has 1 atom stereocenters. The predicted molar refractivity (Wildman–Crippen MR) is 74.2 cm³/mol. The zero-order valence-corrected chi connectivity index (χ0v) is 12.2. The summed E-state index contributed by atoms with van der Waals surface area (Å²) in [7, 11) is 3.96. The molecule has 0 bridgehead atoms. The molecular weight excluding hydrogens is 242 g/mol. The van der Waals surface area contributed by atoms with Gasteiger partial charge in [0, 0.05) is 51.9 Å². The van der Waals surface area contributed by atoms with Gasteiger partial charge in [-0.25, -0.2) is 0 Å². The van der Waals surface area contributed by atoms with Crippen LogP contribution in [0, 0.1) is 0 Å². The number of aromatic nitrogens is 2. The Morgan fingerprint density at radius 3 is 2.79 bits per heavy atom. The first kappa shape index (κ1) is 14.5. The standard InChI is InChI=1S/C14H25N3O2/c1-4-19-14(5-7-18-8-6-14)13(15-2)9-12-10-16-17(3)11-12/h10-11,13,15H,4-9H2,1-3H3. The van der Waals surface area contributed by atoms with Gasteiger partial charge in [-0.3, -0.25) is 4.68 Å². The van der Waals surface area contributed by atoms with E-state index in [1.807, 2.05) is 25.0 Å². The Kier molecular flexibility index (Phi) is 4.96. The summed E-state index contributed by atoms with van der Waals surface area (Å²) in [5.74, 6) is 0.